The fraction of sp³-hybridized carbons (Fsp3) is 0.200. The van der Waals surface area contributed by atoms with Gasteiger partial charge in [0.05, 0.1) is 12.2 Å². The minimum Gasteiger partial charge on any atom is -0.372 e. The molecule has 3 rings (SSSR count). The van der Waals surface area contributed by atoms with Gasteiger partial charge in [0.15, 0.2) is 11.2 Å². The molecule has 3 aromatic rings. The van der Waals surface area contributed by atoms with Gasteiger partial charge in [0.2, 0.25) is 0 Å². The van der Waals surface area contributed by atoms with Crippen LogP contribution < -0.4 is 5.56 Å². The second-order valence-corrected chi connectivity index (χ2v) is 4.47. The quantitative estimate of drug-likeness (QED) is 0.662. The number of nitrogens with zero attached hydrogens (tertiary/aromatic N) is 5. The molecule has 0 aliphatic carbocycles. The molecule has 0 fully saturated rings. The fourth-order valence-electron chi connectivity index (χ4n) is 1.96. The molecule has 1 aromatic carbocycles. The van der Waals surface area contributed by atoms with E-state index < -0.39 is 0 Å². The minimum atomic E-state index is -0.265. The molecule has 0 bridgehead atoms. The average Bonchev–Trinajstić information content (AvgIpc) is 2.99. The van der Waals surface area contributed by atoms with Crippen molar-refractivity contribution >= 4 is 11.2 Å². The van der Waals surface area contributed by atoms with E-state index in [1.54, 1.807) is 7.11 Å². The Morgan fingerprint density at radius 1 is 1.23 bits per heavy atom. The maximum atomic E-state index is 12.3. The SMILES string of the molecule is COCC#CCn1cnc2c(nnn2-c2ccccc2)c1=O. The van der Waals surface area contributed by atoms with Gasteiger partial charge in [-0.1, -0.05) is 35.3 Å². The number of fused-ring (bicyclic) bond motifs is 1. The zero-order valence-electron chi connectivity index (χ0n) is 11.9. The summed E-state index contributed by atoms with van der Waals surface area (Å²) < 4.78 is 7.77. The van der Waals surface area contributed by atoms with Gasteiger partial charge >= 0.3 is 0 Å². The van der Waals surface area contributed by atoms with Crippen LogP contribution in [0.1, 0.15) is 0 Å². The molecule has 0 saturated carbocycles. The lowest BCUT2D eigenvalue weighted by atomic mass is 10.3. The van der Waals surface area contributed by atoms with Gasteiger partial charge in [-0.15, -0.1) is 5.10 Å². The van der Waals surface area contributed by atoms with Gasteiger partial charge in [-0.05, 0) is 12.1 Å². The van der Waals surface area contributed by atoms with E-state index in [1.807, 2.05) is 30.3 Å². The summed E-state index contributed by atoms with van der Waals surface area (Å²) in [5, 5.41) is 7.96. The minimum absolute atomic E-state index is 0.222. The lowest BCUT2D eigenvalue weighted by molar-refractivity contribution is 0.239. The summed E-state index contributed by atoms with van der Waals surface area (Å²) in [6.45, 7) is 0.567. The molecular weight excluding hydrogens is 282 g/mol. The molecule has 7 heteroatoms. The summed E-state index contributed by atoms with van der Waals surface area (Å²) in [6.07, 6.45) is 1.45. The first kappa shape index (κ1) is 14.0. The van der Waals surface area contributed by atoms with Gasteiger partial charge in [0.25, 0.3) is 5.56 Å². The molecule has 0 spiro atoms. The molecule has 2 heterocycles. The Bertz CT molecular complexity index is 902. The maximum absolute atomic E-state index is 12.3. The molecule has 0 saturated heterocycles. The van der Waals surface area contributed by atoms with Crippen LogP contribution in [0.5, 0.6) is 0 Å². The molecule has 7 nitrogen and oxygen atoms in total. The Kier molecular flexibility index (Phi) is 3.94. The van der Waals surface area contributed by atoms with Crippen molar-refractivity contribution < 1.29 is 4.74 Å². The molecule has 0 N–H and O–H groups in total. The monoisotopic (exact) mass is 295 g/mol. The van der Waals surface area contributed by atoms with Gasteiger partial charge in [0.1, 0.15) is 12.9 Å². The van der Waals surface area contributed by atoms with Crippen molar-refractivity contribution in [2.24, 2.45) is 0 Å². The topological polar surface area (TPSA) is 74.8 Å². The highest BCUT2D eigenvalue weighted by Crippen LogP contribution is 2.10. The van der Waals surface area contributed by atoms with Crippen LogP contribution in [-0.2, 0) is 11.3 Å². The van der Waals surface area contributed by atoms with E-state index in [0.29, 0.717) is 12.3 Å². The molecule has 0 aliphatic heterocycles. The number of hydrogen-bond acceptors (Lipinski definition) is 5. The van der Waals surface area contributed by atoms with Crippen LogP contribution in [0.15, 0.2) is 41.5 Å². The van der Waals surface area contributed by atoms with E-state index in [4.69, 9.17) is 4.74 Å². The number of ether oxygens (including phenoxy) is 1. The summed E-state index contributed by atoms with van der Waals surface area (Å²) in [5.41, 5.74) is 1.19. The van der Waals surface area contributed by atoms with Crippen LogP contribution in [0.2, 0.25) is 0 Å². The summed E-state index contributed by atoms with van der Waals surface area (Å²) in [6, 6.07) is 9.42. The standard InChI is InChI=1S/C15H13N5O2/c1-22-10-6-5-9-19-11-16-14-13(15(19)21)17-18-20(14)12-7-3-2-4-8-12/h2-4,7-8,11H,9-10H2,1H3. The Labute approximate surface area is 126 Å². The molecular formula is C15H13N5O2. The van der Waals surface area contributed by atoms with Gasteiger partial charge in [0, 0.05) is 7.11 Å². The van der Waals surface area contributed by atoms with Crippen molar-refractivity contribution in [1.82, 2.24) is 24.5 Å². The van der Waals surface area contributed by atoms with Gasteiger partial charge in [-0.2, -0.15) is 4.68 Å². The predicted octanol–water partition coefficient (Wildman–Crippen LogP) is 0.627. The summed E-state index contributed by atoms with van der Waals surface area (Å²) in [7, 11) is 1.57. The van der Waals surface area contributed by atoms with E-state index in [9.17, 15) is 4.79 Å². The molecule has 0 aliphatic rings. The molecule has 2 aromatic heterocycles. The zero-order chi connectivity index (χ0) is 15.4. The van der Waals surface area contributed by atoms with Crippen molar-refractivity contribution in [3.05, 3.63) is 47.0 Å². The second-order valence-electron chi connectivity index (χ2n) is 4.47. The van der Waals surface area contributed by atoms with E-state index in [1.165, 1.54) is 15.6 Å². The molecule has 22 heavy (non-hydrogen) atoms. The van der Waals surface area contributed by atoms with Crippen LogP contribution in [0.4, 0.5) is 0 Å². The van der Waals surface area contributed by atoms with Gasteiger partial charge < -0.3 is 4.74 Å². The van der Waals surface area contributed by atoms with Crippen LogP contribution in [0.25, 0.3) is 16.9 Å². The van der Waals surface area contributed by atoms with Crippen LogP contribution in [0.3, 0.4) is 0 Å². The van der Waals surface area contributed by atoms with Gasteiger partial charge in [-0.25, -0.2) is 4.98 Å². The third kappa shape index (κ3) is 2.60. The van der Waals surface area contributed by atoms with Crippen LogP contribution in [-0.4, -0.2) is 38.3 Å². The van der Waals surface area contributed by atoms with E-state index in [0.717, 1.165) is 5.69 Å². The third-order valence-corrected chi connectivity index (χ3v) is 3.02. The number of rotatable bonds is 3. The first-order valence-electron chi connectivity index (χ1n) is 6.62. The highest BCUT2D eigenvalue weighted by molar-refractivity contribution is 5.70. The fourth-order valence-corrected chi connectivity index (χ4v) is 1.96. The average molecular weight is 295 g/mol. The van der Waals surface area contributed by atoms with Crippen molar-refractivity contribution in [2.45, 2.75) is 6.54 Å². The highest BCUT2D eigenvalue weighted by Gasteiger charge is 2.12. The van der Waals surface area contributed by atoms with Crippen molar-refractivity contribution in [3.63, 3.8) is 0 Å². The van der Waals surface area contributed by atoms with E-state index in [2.05, 4.69) is 27.1 Å². The lowest BCUT2D eigenvalue weighted by Gasteiger charge is -2.02. The van der Waals surface area contributed by atoms with E-state index in [-0.39, 0.29) is 17.6 Å². The van der Waals surface area contributed by atoms with E-state index >= 15 is 0 Å². The number of methoxy groups -OCH3 is 1. The molecule has 0 atom stereocenters. The van der Waals surface area contributed by atoms with Crippen molar-refractivity contribution in [1.29, 1.82) is 0 Å². The predicted molar refractivity (Wildman–Crippen MR) is 80.6 cm³/mol. The maximum Gasteiger partial charge on any atom is 0.284 e. The molecule has 110 valence electrons. The number of benzene rings is 1. The smallest absolute Gasteiger partial charge is 0.284 e. The third-order valence-electron chi connectivity index (χ3n) is 3.02. The molecule has 0 radical (unpaired) electrons. The highest BCUT2D eigenvalue weighted by atomic mass is 16.5. The normalized spacial score (nSPS) is 10.4. The summed E-state index contributed by atoms with van der Waals surface area (Å²) in [4.78, 5) is 16.6. The number of hydrogen-bond donors (Lipinski definition) is 0. The Hall–Kier alpha value is -2.98. The summed E-state index contributed by atoms with van der Waals surface area (Å²) in [5.74, 6) is 5.63. The Balaban J connectivity index is 2.01. The second kappa shape index (κ2) is 6.20. The Morgan fingerprint density at radius 3 is 2.82 bits per heavy atom. The first-order chi connectivity index (χ1) is 10.8. The number of para-hydroxylation sites is 1. The largest absolute Gasteiger partial charge is 0.372 e. The van der Waals surface area contributed by atoms with Crippen molar-refractivity contribution in [2.75, 3.05) is 13.7 Å². The molecule has 0 unspecified atom stereocenters. The first-order valence-corrected chi connectivity index (χ1v) is 6.62. The zero-order valence-corrected chi connectivity index (χ0v) is 11.9. The molecule has 0 amide bonds. The lowest BCUT2D eigenvalue weighted by Crippen LogP contribution is -2.20. The van der Waals surface area contributed by atoms with Crippen LogP contribution in [0, 0.1) is 11.8 Å². The number of aromatic nitrogens is 5. The Morgan fingerprint density at radius 2 is 2.05 bits per heavy atom. The van der Waals surface area contributed by atoms with Crippen molar-refractivity contribution in [3.8, 4) is 17.5 Å². The summed E-state index contributed by atoms with van der Waals surface area (Å²) >= 11 is 0. The van der Waals surface area contributed by atoms with Crippen LogP contribution >= 0.6 is 0 Å². The van der Waals surface area contributed by atoms with Gasteiger partial charge in [-0.3, -0.25) is 9.36 Å².